The largest absolute Gasteiger partial charge is 0.481 e. The van der Waals surface area contributed by atoms with Crippen LogP contribution in [0.5, 0.6) is 0 Å². The van der Waals surface area contributed by atoms with Crippen LogP contribution in [-0.2, 0) is 9.53 Å². The van der Waals surface area contributed by atoms with Crippen LogP contribution in [0.1, 0.15) is 19.3 Å². The minimum atomic E-state index is -0.905. The molecule has 2 N–H and O–H groups in total. The molecule has 3 fully saturated rings. The van der Waals surface area contributed by atoms with Crippen LogP contribution in [0.25, 0.3) is 0 Å². The number of nitrogens with zero attached hydrogens (tertiary/aromatic N) is 2. The lowest BCUT2D eigenvalue weighted by Crippen LogP contribution is -2.51. The zero-order valence-electron chi connectivity index (χ0n) is 12.3. The first-order valence-corrected chi connectivity index (χ1v) is 7.64. The van der Waals surface area contributed by atoms with Crippen LogP contribution in [-0.4, -0.2) is 78.4 Å². The first kappa shape index (κ1) is 14.6. The van der Waals surface area contributed by atoms with E-state index in [4.69, 9.17) is 9.84 Å². The van der Waals surface area contributed by atoms with Crippen molar-refractivity contribution in [2.45, 2.75) is 37.4 Å². The molecule has 1 saturated carbocycles. The topological polar surface area (TPSA) is 82.1 Å². The van der Waals surface area contributed by atoms with Crippen LogP contribution in [0.2, 0.25) is 0 Å². The molecule has 3 rings (SSSR count). The number of carboxylic acid groups (broad SMARTS) is 1. The average molecular weight is 297 g/mol. The molecule has 2 aliphatic heterocycles. The van der Waals surface area contributed by atoms with Gasteiger partial charge in [-0.25, -0.2) is 4.79 Å². The maximum absolute atomic E-state index is 12.3. The average Bonchev–Trinajstić information content (AvgIpc) is 3.01. The molecule has 3 unspecified atom stereocenters. The molecule has 7 heteroatoms. The van der Waals surface area contributed by atoms with E-state index in [1.165, 1.54) is 17.7 Å². The third-order valence-electron chi connectivity index (χ3n) is 4.80. The lowest BCUT2D eigenvalue weighted by molar-refractivity contribution is -0.142. The van der Waals surface area contributed by atoms with E-state index in [0.29, 0.717) is 6.61 Å². The van der Waals surface area contributed by atoms with Crippen molar-refractivity contribution in [3.05, 3.63) is 0 Å². The third kappa shape index (κ3) is 3.13. The summed E-state index contributed by atoms with van der Waals surface area (Å²) in [5, 5.41) is 12.2. The molecule has 2 amide bonds. The lowest BCUT2D eigenvalue weighted by atomic mass is 10.0. The molecule has 118 valence electrons. The molecule has 3 aliphatic rings. The van der Waals surface area contributed by atoms with E-state index in [0.717, 1.165) is 25.6 Å². The second-order valence-corrected chi connectivity index (χ2v) is 6.32. The zero-order valence-corrected chi connectivity index (χ0v) is 12.3. The first-order valence-electron chi connectivity index (χ1n) is 7.64. The molecule has 0 aromatic heterocycles. The highest BCUT2D eigenvalue weighted by atomic mass is 16.5. The lowest BCUT2D eigenvalue weighted by Gasteiger charge is -2.28. The molecule has 0 aromatic rings. The van der Waals surface area contributed by atoms with Crippen molar-refractivity contribution in [3.8, 4) is 0 Å². The fraction of sp³-hybridized carbons (Fsp3) is 0.857. The van der Waals surface area contributed by atoms with E-state index in [-0.39, 0.29) is 24.7 Å². The number of urea groups is 1. The molecule has 2 heterocycles. The zero-order chi connectivity index (χ0) is 15.0. The number of rotatable bonds is 4. The number of likely N-dealkylation sites (tertiary alicyclic amines) is 1. The number of likely N-dealkylation sites (N-methyl/N-ethyl adjacent to an activating group) is 1. The van der Waals surface area contributed by atoms with E-state index in [9.17, 15) is 9.59 Å². The summed E-state index contributed by atoms with van der Waals surface area (Å²) in [6, 6.07) is 0.318. The highest BCUT2D eigenvalue weighted by Crippen LogP contribution is 2.29. The molecule has 0 aromatic carbocycles. The van der Waals surface area contributed by atoms with Crippen molar-refractivity contribution in [2.75, 3.05) is 33.4 Å². The molecule has 1 aliphatic carbocycles. The second kappa shape index (κ2) is 5.81. The van der Waals surface area contributed by atoms with Gasteiger partial charge in [0.1, 0.15) is 5.92 Å². The molecule has 0 bridgehead atoms. The summed E-state index contributed by atoms with van der Waals surface area (Å²) >= 11 is 0. The smallest absolute Gasteiger partial charge is 0.317 e. The number of carboxylic acids is 1. The molecule has 3 atom stereocenters. The summed E-state index contributed by atoms with van der Waals surface area (Å²) in [6.45, 7) is 2.42. The van der Waals surface area contributed by atoms with Gasteiger partial charge in [0.2, 0.25) is 0 Å². The molecular weight excluding hydrogens is 274 g/mol. The summed E-state index contributed by atoms with van der Waals surface area (Å²) in [4.78, 5) is 27.4. The number of aliphatic carboxylic acids is 1. The number of nitrogens with one attached hydrogen (secondary N) is 1. The standard InChI is InChI=1S/C14H23N3O4/c1-16(12-8-21-7-11(12)13(18)19)14(20)15-9-4-5-17(6-9)10-2-3-10/h9-12H,2-8H2,1H3,(H,15,20)(H,18,19). The molecule has 21 heavy (non-hydrogen) atoms. The van der Waals surface area contributed by atoms with Gasteiger partial charge in [0, 0.05) is 32.2 Å². The van der Waals surface area contributed by atoms with Crippen LogP contribution < -0.4 is 5.32 Å². The number of carbonyl (C=O) groups is 2. The van der Waals surface area contributed by atoms with Crippen molar-refractivity contribution in [2.24, 2.45) is 5.92 Å². The summed E-state index contributed by atoms with van der Waals surface area (Å²) in [7, 11) is 1.65. The van der Waals surface area contributed by atoms with Gasteiger partial charge in [0.05, 0.1) is 19.3 Å². The van der Waals surface area contributed by atoms with E-state index in [2.05, 4.69) is 10.2 Å². The van der Waals surface area contributed by atoms with Crippen LogP contribution in [0, 0.1) is 5.92 Å². The van der Waals surface area contributed by atoms with Gasteiger partial charge in [0.25, 0.3) is 0 Å². The Morgan fingerprint density at radius 2 is 2.05 bits per heavy atom. The van der Waals surface area contributed by atoms with E-state index < -0.39 is 11.9 Å². The van der Waals surface area contributed by atoms with Gasteiger partial charge in [-0.05, 0) is 19.3 Å². The van der Waals surface area contributed by atoms with Gasteiger partial charge in [-0.2, -0.15) is 0 Å². The van der Waals surface area contributed by atoms with Crippen molar-refractivity contribution >= 4 is 12.0 Å². The van der Waals surface area contributed by atoms with Crippen molar-refractivity contribution in [1.29, 1.82) is 0 Å². The maximum Gasteiger partial charge on any atom is 0.317 e. The van der Waals surface area contributed by atoms with Crippen LogP contribution in [0.4, 0.5) is 4.79 Å². The molecule has 0 radical (unpaired) electrons. The summed E-state index contributed by atoms with van der Waals surface area (Å²) < 4.78 is 5.22. The number of hydrogen-bond acceptors (Lipinski definition) is 4. The Morgan fingerprint density at radius 1 is 1.29 bits per heavy atom. The van der Waals surface area contributed by atoms with Crippen molar-refractivity contribution in [1.82, 2.24) is 15.1 Å². The monoisotopic (exact) mass is 297 g/mol. The minimum Gasteiger partial charge on any atom is -0.481 e. The normalized spacial score (nSPS) is 33.1. The summed E-state index contributed by atoms with van der Waals surface area (Å²) in [5.74, 6) is -1.54. The number of hydrogen-bond donors (Lipinski definition) is 2. The Balaban J connectivity index is 1.51. The molecule has 2 saturated heterocycles. The van der Waals surface area contributed by atoms with Gasteiger partial charge in [-0.1, -0.05) is 0 Å². The highest BCUT2D eigenvalue weighted by Gasteiger charge is 2.40. The van der Waals surface area contributed by atoms with Gasteiger partial charge in [-0.3, -0.25) is 9.69 Å². The van der Waals surface area contributed by atoms with Crippen molar-refractivity contribution < 1.29 is 19.4 Å². The number of amides is 2. The van der Waals surface area contributed by atoms with Gasteiger partial charge < -0.3 is 20.1 Å². The summed E-state index contributed by atoms with van der Waals surface area (Å²) in [5.41, 5.74) is 0. The van der Waals surface area contributed by atoms with Gasteiger partial charge in [0.15, 0.2) is 0 Å². The van der Waals surface area contributed by atoms with Gasteiger partial charge >= 0.3 is 12.0 Å². The first-order chi connectivity index (χ1) is 10.1. The fourth-order valence-electron chi connectivity index (χ4n) is 3.26. The van der Waals surface area contributed by atoms with Crippen molar-refractivity contribution in [3.63, 3.8) is 0 Å². The van der Waals surface area contributed by atoms with Crippen LogP contribution >= 0.6 is 0 Å². The van der Waals surface area contributed by atoms with Crippen LogP contribution in [0.15, 0.2) is 0 Å². The third-order valence-corrected chi connectivity index (χ3v) is 4.80. The quantitative estimate of drug-likeness (QED) is 0.761. The Labute approximate surface area is 124 Å². The fourth-order valence-corrected chi connectivity index (χ4v) is 3.26. The maximum atomic E-state index is 12.3. The van der Waals surface area contributed by atoms with E-state index in [1.807, 2.05) is 0 Å². The number of carbonyl (C=O) groups excluding carboxylic acids is 1. The Morgan fingerprint density at radius 3 is 2.71 bits per heavy atom. The highest BCUT2D eigenvalue weighted by molar-refractivity contribution is 5.77. The Hall–Kier alpha value is -1.34. The summed E-state index contributed by atoms with van der Waals surface area (Å²) in [6.07, 6.45) is 3.53. The SMILES string of the molecule is CN(C(=O)NC1CCN(C2CC2)C1)C1COCC1C(=O)O. The predicted molar refractivity (Wildman–Crippen MR) is 75.0 cm³/mol. The van der Waals surface area contributed by atoms with Gasteiger partial charge in [-0.15, -0.1) is 0 Å². The Kier molecular flexibility index (Phi) is 4.03. The Bertz CT molecular complexity index is 426. The minimum absolute atomic E-state index is 0.172. The molecule has 7 nitrogen and oxygen atoms in total. The number of ether oxygens (including phenoxy) is 1. The van der Waals surface area contributed by atoms with E-state index >= 15 is 0 Å². The molecular formula is C14H23N3O4. The predicted octanol–water partition coefficient (Wildman–Crippen LogP) is -0.0359. The van der Waals surface area contributed by atoms with E-state index in [1.54, 1.807) is 7.05 Å². The molecule has 0 spiro atoms. The van der Waals surface area contributed by atoms with Crippen LogP contribution in [0.3, 0.4) is 0 Å². The second-order valence-electron chi connectivity index (χ2n) is 6.32.